The second-order valence-electron chi connectivity index (χ2n) is 4.96. The first-order chi connectivity index (χ1) is 9.65. The molecule has 0 amide bonds. The van der Waals surface area contributed by atoms with Gasteiger partial charge in [-0.05, 0) is 19.1 Å². The van der Waals surface area contributed by atoms with Crippen molar-refractivity contribution in [3.8, 4) is 0 Å². The number of halogens is 1. The number of carbonyl (C=O) groups is 1. The van der Waals surface area contributed by atoms with E-state index in [9.17, 15) is 4.79 Å². The summed E-state index contributed by atoms with van der Waals surface area (Å²) in [6, 6.07) is 6.89. The molecule has 3 rings (SSSR count). The number of Topliss-reactive ketones (excluding diaryl/α,β-unsaturated/α-hetero) is 1. The monoisotopic (exact) mass is 290 g/mol. The van der Waals surface area contributed by atoms with Crippen molar-refractivity contribution in [1.82, 2.24) is 19.7 Å². The fourth-order valence-electron chi connectivity index (χ4n) is 2.46. The van der Waals surface area contributed by atoms with Crippen molar-refractivity contribution in [2.24, 2.45) is 0 Å². The zero-order valence-electron chi connectivity index (χ0n) is 11.2. The number of hydrogen-bond donors (Lipinski definition) is 0. The van der Waals surface area contributed by atoms with Crippen LogP contribution in [0.3, 0.4) is 0 Å². The minimum Gasteiger partial charge on any atom is -0.315 e. The first kappa shape index (κ1) is 13.3. The van der Waals surface area contributed by atoms with E-state index in [1.54, 1.807) is 30.6 Å². The summed E-state index contributed by atoms with van der Waals surface area (Å²) in [5.74, 6) is 0.988. The minimum atomic E-state index is -0.195. The molecule has 1 aromatic carbocycles. The number of hydrogen-bond acceptors (Lipinski definition) is 4. The van der Waals surface area contributed by atoms with E-state index in [4.69, 9.17) is 11.6 Å². The van der Waals surface area contributed by atoms with E-state index in [2.05, 4.69) is 15.1 Å². The average Bonchev–Trinajstić information content (AvgIpc) is 2.93. The molecule has 0 fully saturated rings. The van der Waals surface area contributed by atoms with Gasteiger partial charge in [-0.25, -0.2) is 0 Å². The molecule has 1 aliphatic rings. The third-order valence-corrected chi connectivity index (χ3v) is 3.94. The maximum absolute atomic E-state index is 12.5. The van der Waals surface area contributed by atoms with Gasteiger partial charge in [0, 0.05) is 23.7 Å². The Bertz CT molecular complexity index is 640. The van der Waals surface area contributed by atoms with Gasteiger partial charge in [0.1, 0.15) is 12.2 Å². The van der Waals surface area contributed by atoms with Crippen LogP contribution in [0.15, 0.2) is 30.6 Å². The van der Waals surface area contributed by atoms with E-state index in [1.807, 2.05) is 11.5 Å². The van der Waals surface area contributed by atoms with E-state index in [0.29, 0.717) is 17.1 Å². The molecule has 0 N–H and O–H groups in total. The van der Waals surface area contributed by atoms with Gasteiger partial charge >= 0.3 is 0 Å². The van der Waals surface area contributed by atoms with Crippen molar-refractivity contribution in [2.45, 2.75) is 26.1 Å². The number of ketones is 1. The lowest BCUT2D eigenvalue weighted by Gasteiger charge is -2.31. The Morgan fingerprint density at radius 1 is 1.40 bits per heavy atom. The molecule has 0 saturated heterocycles. The van der Waals surface area contributed by atoms with E-state index in [0.717, 1.165) is 18.9 Å². The summed E-state index contributed by atoms with van der Waals surface area (Å²) >= 11 is 5.94. The van der Waals surface area contributed by atoms with Gasteiger partial charge in [-0.1, -0.05) is 23.7 Å². The summed E-state index contributed by atoms with van der Waals surface area (Å²) < 4.78 is 2.02. The predicted molar refractivity (Wildman–Crippen MR) is 75.7 cm³/mol. The van der Waals surface area contributed by atoms with Crippen LogP contribution < -0.4 is 0 Å². The van der Waals surface area contributed by atoms with E-state index in [1.165, 1.54) is 0 Å². The zero-order valence-corrected chi connectivity index (χ0v) is 11.9. The van der Waals surface area contributed by atoms with Gasteiger partial charge < -0.3 is 4.57 Å². The molecule has 5 nitrogen and oxygen atoms in total. The van der Waals surface area contributed by atoms with Crippen molar-refractivity contribution >= 4 is 17.4 Å². The molecule has 6 heteroatoms. The predicted octanol–water partition coefficient (Wildman–Crippen LogP) is 2.02. The highest BCUT2D eigenvalue weighted by atomic mass is 35.5. The summed E-state index contributed by atoms with van der Waals surface area (Å²) in [5.41, 5.74) is 0.650. The number of carbonyl (C=O) groups excluding carboxylic acids is 1. The fourth-order valence-corrected chi connectivity index (χ4v) is 2.65. The Balaban J connectivity index is 1.76. The van der Waals surface area contributed by atoms with Crippen LogP contribution in [0.5, 0.6) is 0 Å². The highest BCUT2D eigenvalue weighted by Crippen LogP contribution is 2.18. The van der Waals surface area contributed by atoms with Crippen LogP contribution >= 0.6 is 11.6 Å². The Morgan fingerprint density at radius 3 is 3.05 bits per heavy atom. The molecule has 104 valence electrons. The molecule has 2 aromatic rings. The molecule has 1 unspecified atom stereocenters. The topological polar surface area (TPSA) is 51.0 Å². The summed E-state index contributed by atoms with van der Waals surface area (Å²) in [6.45, 7) is 4.21. The molecule has 0 spiro atoms. The molecule has 0 radical (unpaired) electrons. The molecule has 1 atom stereocenters. The van der Waals surface area contributed by atoms with Crippen molar-refractivity contribution < 1.29 is 4.79 Å². The van der Waals surface area contributed by atoms with E-state index in [-0.39, 0.29) is 11.8 Å². The number of aromatic nitrogens is 3. The molecular weight excluding hydrogens is 276 g/mol. The maximum Gasteiger partial charge on any atom is 0.179 e. The van der Waals surface area contributed by atoms with Crippen molar-refractivity contribution in [3.63, 3.8) is 0 Å². The lowest BCUT2D eigenvalue weighted by molar-refractivity contribution is 0.0793. The van der Waals surface area contributed by atoms with Gasteiger partial charge in [0.2, 0.25) is 0 Å². The summed E-state index contributed by atoms with van der Waals surface area (Å²) in [7, 11) is 0. The summed E-state index contributed by atoms with van der Waals surface area (Å²) in [4.78, 5) is 14.6. The number of benzene rings is 1. The van der Waals surface area contributed by atoms with Crippen LogP contribution in [0, 0.1) is 0 Å². The molecule has 1 aromatic heterocycles. The summed E-state index contributed by atoms with van der Waals surface area (Å²) in [5, 5.41) is 8.56. The van der Waals surface area contributed by atoms with Crippen molar-refractivity contribution in [2.75, 3.05) is 6.54 Å². The smallest absolute Gasteiger partial charge is 0.179 e. The number of rotatable bonds is 3. The average molecular weight is 291 g/mol. The Kier molecular flexibility index (Phi) is 3.54. The van der Waals surface area contributed by atoms with Gasteiger partial charge in [-0.3, -0.25) is 9.69 Å². The third kappa shape index (κ3) is 2.46. The second-order valence-corrected chi connectivity index (χ2v) is 5.40. The van der Waals surface area contributed by atoms with Crippen LogP contribution in [-0.2, 0) is 13.1 Å². The molecule has 0 saturated carbocycles. The molecule has 0 bridgehead atoms. The lowest BCUT2D eigenvalue weighted by atomic mass is 10.0. The van der Waals surface area contributed by atoms with Crippen LogP contribution in [0.2, 0.25) is 5.02 Å². The normalized spacial score (nSPS) is 16.7. The zero-order chi connectivity index (χ0) is 14.1. The molecule has 0 aliphatic carbocycles. The van der Waals surface area contributed by atoms with Gasteiger partial charge in [0.25, 0.3) is 0 Å². The minimum absolute atomic E-state index is 0.0838. The van der Waals surface area contributed by atoms with Gasteiger partial charge in [0.15, 0.2) is 5.78 Å². The quantitative estimate of drug-likeness (QED) is 0.812. The Labute approximate surface area is 122 Å². The largest absolute Gasteiger partial charge is 0.315 e. The van der Waals surface area contributed by atoms with E-state index >= 15 is 0 Å². The molecule has 1 aliphatic heterocycles. The lowest BCUT2D eigenvalue weighted by Crippen LogP contribution is -2.43. The highest BCUT2D eigenvalue weighted by molar-refractivity contribution is 6.31. The van der Waals surface area contributed by atoms with Crippen LogP contribution in [0.1, 0.15) is 23.1 Å². The summed E-state index contributed by atoms with van der Waals surface area (Å²) in [6.07, 6.45) is 1.73. The standard InChI is InChI=1S/C14H15ClN4O/c1-10(14(20)11-3-2-4-12(15)7-11)18-5-6-19-9-16-17-13(19)8-18/h2-4,7,9-10H,5-6,8H2,1H3. The van der Waals surface area contributed by atoms with E-state index < -0.39 is 0 Å². The Morgan fingerprint density at radius 2 is 2.25 bits per heavy atom. The van der Waals surface area contributed by atoms with Gasteiger partial charge in [-0.2, -0.15) is 0 Å². The SMILES string of the molecule is CC(C(=O)c1cccc(Cl)c1)N1CCn2cnnc2C1. The van der Waals surface area contributed by atoms with Crippen LogP contribution in [0.25, 0.3) is 0 Å². The number of fused-ring (bicyclic) bond motifs is 1. The number of nitrogens with zero attached hydrogens (tertiary/aromatic N) is 4. The van der Waals surface area contributed by atoms with Crippen molar-refractivity contribution in [1.29, 1.82) is 0 Å². The Hall–Kier alpha value is -1.72. The third-order valence-electron chi connectivity index (χ3n) is 3.70. The van der Waals surface area contributed by atoms with Gasteiger partial charge in [0.05, 0.1) is 12.6 Å². The first-order valence-electron chi connectivity index (χ1n) is 6.55. The van der Waals surface area contributed by atoms with Gasteiger partial charge in [-0.15, -0.1) is 10.2 Å². The molecule has 20 heavy (non-hydrogen) atoms. The fraction of sp³-hybridized carbons (Fsp3) is 0.357. The molecular formula is C14H15ClN4O. The second kappa shape index (κ2) is 5.34. The highest BCUT2D eigenvalue weighted by Gasteiger charge is 2.26. The first-order valence-corrected chi connectivity index (χ1v) is 6.93. The van der Waals surface area contributed by atoms with Crippen LogP contribution in [0.4, 0.5) is 0 Å². The van der Waals surface area contributed by atoms with Crippen molar-refractivity contribution in [3.05, 3.63) is 47.0 Å². The van der Waals surface area contributed by atoms with Crippen LogP contribution in [-0.4, -0.2) is 38.0 Å². The maximum atomic E-state index is 12.5. The molecule has 2 heterocycles.